The van der Waals surface area contributed by atoms with E-state index in [-0.39, 0.29) is 5.54 Å². The van der Waals surface area contributed by atoms with E-state index in [4.69, 9.17) is 0 Å². The van der Waals surface area contributed by atoms with Crippen molar-refractivity contribution < 1.29 is 0 Å². The van der Waals surface area contributed by atoms with Gasteiger partial charge in [0.15, 0.2) is 5.82 Å². The smallest absolute Gasteiger partial charge is 0.176 e. The molecule has 1 aromatic heterocycles. The first-order valence-electron chi connectivity index (χ1n) is 6.81. The van der Waals surface area contributed by atoms with Crippen LogP contribution in [-0.2, 0) is 5.54 Å². The molecule has 1 aromatic carbocycles. The number of nitrogens with one attached hydrogen (secondary N) is 1. The number of tetrazole rings is 1. The van der Waals surface area contributed by atoms with Crippen LogP contribution in [0.2, 0.25) is 0 Å². The topological polar surface area (TPSA) is 55.6 Å². The third-order valence-electron chi connectivity index (χ3n) is 4.18. The summed E-state index contributed by atoms with van der Waals surface area (Å²) in [5, 5.41) is 15.8. The van der Waals surface area contributed by atoms with Gasteiger partial charge in [0.2, 0.25) is 0 Å². The zero-order valence-corrected chi connectivity index (χ0v) is 11.4. The van der Waals surface area contributed by atoms with Crippen molar-refractivity contribution >= 4 is 0 Å². The van der Waals surface area contributed by atoms with Crippen LogP contribution in [-0.4, -0.2) is 27.3 Å². The van der Waals surface area contributed by atoms with Gasteiger partial charge in [0.1, 0.15) is 0 Å². The van der Waals surface area contributed by atoms with Gasteiger partial charge in [-0.15, -0.1) is 5.10 Å². The molecule has 1 aliphatic rings. The third-order valence-corrected chi connectivity index (χ3v) is 4.18. The summed E-state index contributed by atoms with van der Waals surface area (Å²) in [6.07, 6.45) is 4.63. The van der Waals surface area contributed by atoms with Crippen LogP contribution in [0.3, 0.4) is 0 Å². The quantitative estimate of drug-likeness (QED) is 0.913. The van der Waals surface area contributed by atoms with Crippen LogP contribution >= 0.6 is 0 Å². The van der Waals surface area contributed by atoms with Gasteiger partial charge in [-0.3, -0.25) is 0 Å². The maximum Gasteiger partial charge on any atom is 0.176 e. The molecule has 0 unspecified atom stereocenters. The maximum absolute atomic E-state index is 4.30. The summed E-state index contributed by atoms with van der Waals surface area (Å²) < 4.78 is 1.89. The Bertz CT molecular complexity index is 569. The Morgan fingerprint density at radius 1 is 1.21 bits per heavy atom. The van der Waals surface area contributed by atoms with Gasteiger partial charge in [-0.25, -0.2) is 0 Å². The maximum atomic E-state index is 4.30. The summed E-state index contributed by atoms with van der Waals surface area (Å²) in [5.41, 5.74) is 2.16. The largest absolute Gasteiger partial charge is 0.308 e. The highest BCUT2D eigenvalue weighted by molar-refractivity contribution is 5.40. The average Bonchev–Trinajstić information content (AvgIpc) is 3.08. The molecule has 2 aromatic rings. The highest BCUT2D eigenvalue weighted by Crippen LogP contribution is 2.37. The minimum Gasteiger partial charge on any atom is -0.308 e. The van der Waals surface area contributed by atoms with Crippen molar-refractivity contribution in [3.05, 3.63) is 35.7 Å². The molecule has 0 radical (unpaired) electrons. The average molecular weight is 257 g/mol. The number of benzene rings is 1. The van der Waals surface area contributed by atoms with Crippen molar-refractivity contribution in [2.75, 3.05) is 7.05 Å². The summed E-state index contributed by atoms with van der Waals surface area (Å²) >= 11 is 0. The van der Waals surface area contributed by atoms with Gasteiger partial charge in [0, 0.05) is 0 Å². The summed E-state index contributed by atoms with van der Waals surface area (Å²) in [6.45, 7) is 2.08. The van der Waals surface area contributed by atoms with Crippen molar-refractivity contribution in [2.24, 2.45) is 0 Å². The van der Waals surface area contributed by atoms with E-state index in [2.05, 4.69) is 39.9 Å². The first-order valence-corrected chi connectivity index (χ1v) is 6.81. The fourth-order valence-corrected chi connectivity index (χ4v) is 3.01. The number of nitrogens with zero attached hydrogens (tertiary/aromatic N) is 4. The second kappa shape index (κ2) is 4.74. The number of rotatable bonds is 3. The van der Waals surface area contributed by atoms with Crippen LogP contribution in [0.15, 0.2) is 24.3 Å². The molecule has 0 amide bonds. The van der Waals surface area contributed by atoms with Crippen molar-refractivity contribution in [3.8, 4) is 5.69 Å². The van der Waals surface area contributed by atoms with E-state index in [0.29, 0.717) is 0 Å². The molecule has 1 fully saturated rings. The summed E-state index contributed by atoms with van der Waals surface area (Å²) in [6, 6.07) is 8.20. The molecular weight excluding hydrogens is 238 g/mol. The lowest BCUT2D eigenvalue weighted by Crippen LogP contribution is -2.39. The third kappa shape index (κ3) is 1.94. The van der Waals surface area contributed by atoms with Crippen LogP contribution in [0.4, 0.5) is 0 Å². The Hall–Kier alpha value is -1.75. The molecule has 0 bridgehead atoms. The van der Waals surface area contributed by atoms with Crippen molar-refractivity contribution in [1.29, 1.82) is 0 Å². The first-order chi connectivity index (χ1) is 9.27. The number of hydrogen-bond donors (Lipinski definition) is 1. The Kier molecular flexibility index (Phi) is 3.06. The second-order valence-electron chi connectivity index (χ2n) is 5.24. The Morgan fingerprint density at radius 2 is 1.95 bits per heavy atom. The molecule has 100 valence electrons. The summed E-state index contributed by atoms with van der Waals surface area (Å²) in [4.78, 5) is 0. The molecule has 0 aliphatic heterocycles. The lowest BCUT2D eigenvalue weighted by Gasteiger charge is -2.27. The highest BCUT2D eigenvalue weighted by Gasteiger charge is 2.39. The minimum atomic E-state index is -0.0776. The zero-order valence-electron chi connectivity index (χ0n) is 11.4. The second-order valence-corrected chi connectivity index (χ2v) is 5.24. The normalized spacial score (nSPS) is 17.8. The fraction of sp³-hybridized carbons (Fsp3) is 0.500. The summed E-state index contributed by atoms with van der Waals surface area (Å²) in [5.74, 6) is 0.932. The lowest BCUT2D eigenvalue weighted by molar-refractivity contribution is 0.341. The van der Waals surface area contributed by atoms with Gasteiger partial charge in [0.05, 0.1) is 11.2 Å². The van der Waals surface area contributed by atoms with E-state index in [1.807, 2.05) is 23.9 Å². The van der Waals surface area contributed by atoms with Gasteiger partial charge in [-0.05, 0) is 48.9 Å². The number of hydrogen-bond acceptors (Lipinski definition) is 4. The molecule has 3 rings (SSSR count). The van der Waals surface area contributed by atoms with E-state index < -0.39 is 0 Å². The zero-order chi connectivity index (χ0) is 13.3. The Labute approximate surface area is 113 Å². The molecule has 1 N–H and O–H groups in total. The van der Waals surface area contributed by atoms with Gasteiger partial charge in [-0.2, -0.15) is 4.68 Å². The Morgan fingerprint density at radius 3 is 2.63 bits per heavy atom. The molecular formula is C14H19N5. The first kappa shape index (κ1) is 12.3. The van der Waals surface area contributed by atoms with Crippen LogP contribution in [0, 0.1) is 6.92 Å². The number of aryl methyl sites for hydroxylation is 1. The van der Waals surface area contributed by atoms with Crippen LogP contribution in [0.5, 0.6) is 0 Å². The Balaban J connectivity index is 2.11. The fourth-order valence-electron chi connectivity index (χ4n) is 3.01. The molecule has 5 heteroatoms. The summed E-state index contributed by atoms with van der Waals surface area (Å²) in [7, 11) is 2.00. The molecule has 1 saturated carbocycles. The van der Waals surface area contributed by atoms with Gasteiger partial charge < -0.3 is 5.32 Å². The van der Waals surface area contributed by atoms with E-state index in [0.717, 1.165) is 24.4 Å². The van der Waals surface area contributed by atoms with Crippen LogP contribution in [0.1, 0.15) is 37.1 Å². The molecule has 19 heavy (non-hydrogen) atoms. The standard InChI is InChI=1S/C14H19N5/c1-11-7-3-4-8-12(11)19-13(16-17-18-19)14(15-2)9-5-6-10-14/h3-4,7-8,15H,5-6,9-10H2,1-2H3. The van der Waals surface area contributed by atoms with Crippen molar-refractivity contribution in [2.45, 2.75) is 38.1 Å². The van der Waals surface area contributed by atoms with Crippen molar-refractivity contribution in [1.82, 2.24) is 25.5 Å². The molecule has 1 aliphatic carbocycles. The SMILES string of the molecule is CNC1(c2nnnn2-c2ccccc2C)CCCC1. The molecule has 0 atom stereocenters. The number of para-hydroxylation sites is 1. The van der Waals surface area contributed by atoms with E-state index in [1.54, 1.807) is 0 Å². The van der Waals surface area contributed by atoms with Crippen LogP contribution in [0.25, 0.3) is 5.69 Å². The van der Waals surface area contributed by atoms with Crippen LogP contribution < -0.4 is 5.32 Å². The molecule has 1 heterocycles. The molecule has 5 nitrogen and oxygen atoms in total. The van der Waals surface area contributed by atoms with E-state index in [1.165, 1.54) is 18.4 Å². The van der Waals surface area contributed by atoms with Gasteiger partial charge in [-0.1, -0.05) is 31.0 Å². The minimum absolute atomic E-state index is 0.0776. The van der Waals surface area contributed by atoms with E-state index >= 15 is 0 Å². The van der Waals surface area contributed by atoms with E-state index in [9.17, 15) is 0 Å². The lowest BCUT2D eigenvalue weighted by atomic mass is 9.96. The van der Waals surface area contributed by atoms with Gasteiger partial charge in [0.25, 0.3) is 0 Å². The van der Waals surface area contributed by atoms with Crippen molar-refractivity contribution in [3.63, 3.8) is 0 Å². The molecule has 0 saturated heterocycles. The number of aromatic nitrogens is 4. The predicted molar refractivity (Wildman–Crippen MR) is 73.1 cm³/mol. The van der Waals surface area contributed by atoms with Gasteiger partial charge >= 0.3 is 0 Å². The predicted octanol–water partition coefficient (Wildman–Crippen LogP) is 1.96. The highest BCUT2D eigenvalue weighted by atomic mass is 15.6. The molecule has 0 spiro atoms. The monoisotopic (exact) mass is 257 g/mol.